The molecule has 354 valence electrons. The second-order valence-corrected chi connectivity index (χ2v) is 18.9. The quantitative estimate of drug-likeness (QED) is 0.0392. The van der Waals surface area contributed by atoms with E-state index in [0.717, 1.165) is 38.5 Å². The van der Waals surface area contributed by atoms with E-state index in [0.29, 0.717) is 12.8 Å². The normalized spacial score (nSPS) is 13.8. The molecule has 0 saturated carbocycles. The molecule has 0 radical (unpaired) electrons. The van der Waals surface area contributed by atoms with Crippen molar-refractivity contribution >= 4 is 5.91 Å². The van der Waals surface area contributed by atoms with Crippen molar-refractivity contribution in [3.63, 3.8) is 0 Å². The van der Waals surface area contributed by atoms with E-state index in [1.165, 1.54) is 238 Å². The molecule has 0 saturated heterocycles. The predicted molar refractivity (Wildman–Crippen MR) is 256 cm³/mol. The highest BCUT2D eigenvalue weighted by Gasteiger charge is 2.28. The van der Waals surface area contributed by atoms with E-state index in [-0.39, 0.29) is 0 Å². The molecule has 0 spiro atoms. The van der Waals surface area contributed by atoms with Crippen molar-refractivity contribution in [1.82, 2.24) is 5.32 Å². The summed E-state index contributed by atoms with van der Waals surface area (Å²) in [5.41, 5.74) is 0. The summed E-state index contributed by atoms with van der Waals surface area (Å²) in [5.74, 6) is -0.579. The van der Waals surface area contributed by atoms with Crippen LogP contribution in [0.2, 0.25) is 0 Å². The van der Waals surface area contributed by atoms with Crippen LogP contribution in [0.15, 0.2) is 0 Å². The van der Waals surface area contributed by atoms with Crippen molar-refractivity contribution in [3.8, 4) is 0 Å². The predicted octanol–water partition coefficient (Wildman–Crippen LogP) is 15.1. The van der Waals surface area contributed by atoms with E-state index in [4.69, 9.17) is 0 Å². The number of rotatable bonds is 50. The summed E-state index contributed by atoms with van der Waals surface area (Å²) in [4.78, 5) is 12.5. The van der Waals surface area contributed by atoms with Gasteiger partial charge in [-0.15, -0.1) is 0 Å². The third kappa shape index (κ3) is 42.4. The van der Waals surface area contributed by atoms with Crippen LogP contribution in [0.1, 0.15) is 303 Å². The maximum Gasteiger partial charge on any atom is 0.249 e. The summed E-state index contributed by atoms with van der Waals surface area (Å²) in [6, 6.07) is -0.979. The highest BCUT2D eigenvalue weighted by Crippen LogP contribution is 2.18. The van der Waals surface area contributed by atoms with Crippen LogP contribution < -0.4 is 5.32 Å². The maximum atomic E-state index is 12.5. The Bertz CT molecular complexity index is 811. The van der Waals surface area contributed by atoms with Gasteiger partial charge in [-0.2, -0.15) is 0 Å². The smallest absolute Gasteiger partial charge is 0.249 e. The van der Waals surface area contributed by atoms with Gasteiger partial charge in [-0.25, -0.2) is 0 Å². The molecule has 4 unspecified atom stereocenters. The molecular formula is C53H107NO5. The molecule has 5 N–H and O–H groups in total. The zero-order chi connectivity index (χ0) is 43.1. The minimum Gasteiger partial charge on any atom is -0.394 e. The molecule has 0 aliphatic carbocycles. The number of carbonyl (C=O) groups excluding carboxylic acids is 1. The Morgan fingerprint density at radius 2 is 0.576 bits per heavy atom. The number of nitrogens with one attached hydrogen (secondary N) is 1. The fourth-order valence-corrected chi connectivity index (χ4v) is 8.82. The molecule has 1 amide bonds. The number of aliphatic hydroxyl groups excluding tert-OH is 4. The molecule has 0 rings (SSSR count). The summed E-state index contributed by atoms with van der Waals surface area (Å²) >= 11 is 0. The van der Waals surface area contributed by atoms with Crippen molar-refractivity contribution in [3.05, 3.63) is 0 Å². The van der Waals surface area contributed by atoms with E-state index < -0.39 is 36.9 Å². The lowest BCUT2D eigenvalue weighted by atomic mass is 9.99. The zero-order valence-corrected chi connectivity index (χ0v) is 40.0. The summed E-state index contributed by atoms with van der Waals surface area (Å²) in [5, 5.41) is 43.8. The van der Waals surface area contributed by atoms with Crippen molar-refractivity contribution in [2.24, 2.45) is 0 Å². The number of carbonyl (C=O) groups is 1. The fraction of sp³-hybridized carbons (Fsp3) is 0.981. The topological polar surface area (TPSA) is 110 Å². The Hall–Kier alpha value is -0.690. The molecule has 6 nitrogen and oxygen atoms in total. The number of unbranched alkanes of at least 4 members (excludes halogenated alkanes) is 41. The molecule has 0 fully saturated rings. The Balaban J connectivity index is 3.52. The lowest BCUT2D eigenvalue weighted by Gasteiger charge is -2.27. The monoisotopic (exact) mass is 838 g/mol. The first-order valence-corrected chi connectivity index (χ1v) is 26.9. The Morgan fingerprint density at radius 3 is 0.814 bits per heavy atom. The highest BCUT2D eigenvalue weighted by atomic mass is 16.3. The van der Waals surface area contributed by atoms with Gasteiger partial charge in [0.05, 0.1) is 18.8 Å². The third-order valence-corrected chi connectivity index (χ3v) is 13.1. The molecule has 4 atom stereocenters. The summed E-state index contributed by atoms with van der Waals surface area (Å²) < 4.78 is 0. The van der Waals surface area contributed by atoms with Crippen molar-refractivity contribution in [2.45, 2.75) is 327 Å². The van der Waals surface area contributed by atoms with E-state index in [1.54, 1.807) is 0 Å². The minimum absolute atomic E-state index is 0.375. The third-order valence-electron chi connectivity index (χ3n) is 13.1. The van der Waals surface area contributed by atoms with Gasteiger partial charge in [0.1, 0.15) is 12.2 Å². The largest absolute Gasteiger partial charge is 0.394 e. The first-order valence-electron chi connectivity index (χ1n) is 26.9. The Morgan fingerprint density at radius 1 is 0.356 bits per heavy atom. The van der Waals surface area contributed by atoms with Crippen LogP contribution in [0.25, 0.3) is 0 Å². The van der Waals surface area contributed by atoms with Gasteiger partial charge in [0, 0.05) is 0 Å². The van der Waals surface area contributed by atoms with Gasteiger partial charge in [-0.1, -0.05) is 290 Å². The van der Waals surface area contributed by atoms with E-state index >= 15 is 0 Å². The average Bonchev–Trinajstić information content (AvgIpc) is 3.24. The van der Waals surface area contributed by atoms with Crippen LogP contribution in [0.5, 0.6) is 0 Å². The van der Waals surface area contributed by atoms with Gasteiger partial charge in [0.2, 0.25) is 5.91 Å². The van der Waals surface area contributed by atoms with Crippen LogP contribution >= 0.6 is 0 Å². The second-order valence-electron chi connectivity index (χ2n) is 18.9. The number of hydrogen-bond donors (Lipinski definition) is 5. The summed E-state index contributed by atoms with van der Waals surface area (Å²) in [6.07, 6.45) is 54.7. The molecule has 59 heavy (non-hydrogen) atoms. The number of hydrogen-bond acceptors (Lipinski definition) is 5. The van der Waals surface area contributed by atoms with Crippen molar-refractivity contribution in [1.29, 1.82) is 0 Å². The van der Waals surface area contributed by atoms with Gasteiger partial charge in [-0.3, -0.25) is 4.79 Å². The molecule has 6 heteroatoms. The molecular weight excluding hydrogens is 731 g/mol. The second kappa shape index (κ2) is 48.3. The van der Waals surface area contributed by atoms with Gasteiger partial charge in [-0.05, 0) is 12.8 Å². The molecule has 0 aromatic rings. The SMILES string of the molecule is CCCCCCCCCCCCCCCCCCCCCCCCCCCCCCCCCC(O)C(O)C(CO)NC(=O)C(O)CCCCCCCCCCCCCC. The molecule has 0 aromatic carbocycles. The standard InChI is InChI=1S/C53H107NO5/c1-3-5-7-9-11-13-15-17-18-19-20-21-22-23-24-25-26-27-28-29-30-31-32-33-34-35-37-38-40-42-44-46-50(56)52(58)49(48-55)54-53(59)51(57)47-45-43-41-39-36-16-14-12-10-8-6-4-2/h49-52,55-58H,3-48H2,1-2H3,(H,54,59). The lowest BCUT2D eigenvalue weighted by molar-refractivity contribution is -0.132. The lowest BCUT2D eigenvalue weighted by Crippen LogP contribution is -2.53. The molecule has 0 aliphatic rings. The van der Waals surface area contributed by atoms with Crippen LogP contribution in [-0.2, 0) is 4.79 Å². The molecule has 0 aromatic heterocycles. The van der Waals surface area contributed by atoms with Crippen molar-refractivity contribution in [2.75, 3.05) is 6.61 Å². The van der Waals surface area contributed by atoms with Gasteiger partial charge < -0.3 is 25.7 Å². The average molecular weight is 838 g/mol. The molecule has 0 aliphatic heterocycles. The number of aliphatic hydroxyl groups is 4. The van der Waals surface area contributed by atoms with Crippen LogP contribution in [0.3, 0.4) is 0 Å². The van der Waals surface area contributed by atoms with Gasteiger partial charge in [0.15, 0.2) is 0 Å². The molecule has 0 bridgehead atoms. The Kier molecular flexibility index (Phi) is 47.8. The Labute approximate surface area is 369 Å². The van der Waals surface area contributed by atoms with Crippen molar-refractivity contribution < 1.29 is 25.2 Å². The summed E-state index contributed by atoms with van der Waals surface area (Å²) in [6.45, 7) is 4.07. The van der Waals surface area contributed by atoms with E-state index in [9.17, 15) is 25.2 Å². The van der Waals surface area contributed by atoms with Crippen LogP contribution in [0.4, 0.5) is 0 Å². The maximum absolute atomic E-state index is 12.5. The van der Waals surface area contributed by atoms with E-state index in [2.05, 4.69) is 19.2 Å². The van der Waals surface area contributed by atoms with Crippen LogP contribution in [-0.4, -0.2) is 57.3 Å². The first-order chi connectivity index (χ1) is 29.0. The fourth-order valence-electron chi connectivity index (χ4n) is 8.82. The molecule has 0 heterocycles. The first kappa shape index (κ1) is 58.3. The van der Waals surface area contributed by atoms with Crippen LogP contribution in [0, 0.1) is 0 Å². The van der Waals surface area contributed by atoms with E-state index in [1.807, 2.05) is 0 Å². The highest BCUT2D eigenvalue weighted by molar-refractivity contribution is 5.80. The minimum atomic E-state index is -1.25. The van der Waals surface area contributed by atoms with Gasteiger partial charge >= 0.3 is 0 Å². The zero-order valence-electron chi connectivity index (χ0n) is 40.0. The summed E-state index contributed by atoms with van der Waals surface area (Å²) in [7, 11) is 0. The number of amides is 1. The van der Waals surface area contributed by atoms with Gasteiger partial charge in [0.25, 0.3) is 0 Å².